The molecule has 31 heavy (non-hydrogen) atoms. The zero-order chi connectivity index (χ0) is 21.8. The van der Waals surface area contributed by atoms with Gasteiger partial charge in [-0.25, -0.2) is 4.98 Å². The SMILES string of the molecule is O=C(C1CCCN(c2ncccc2C(F)(F)F)C1)N1CCCN(CC2CCCO2)CC1. The number of halogens is 3. The summed E-state index contributed by atoms with van der Waals surface area (Å²) < 4.78 is 46.0. The lowest BCUT2D eigenvalue weighted by Crippen LogP contribution is -2.46. The predicted molar refractivity (Wildman–Crippen MR) is 111 cm³/mol. The highest BCUT2D eigenvalue weighted by Gasteiger charge is 2.38. The van der Waals surface area contributed by atoms with E-state index in [0.717, 1.165) is 51.6 Å². The molecule has 3 aliphatic rings. The van der Waals surface area contributed by atoms with Gasteiger partial charge in [-0.05, 0) is 50.8 Å². The molecule has 4 rings (SSSR count). The largest absolute Gasteiger partial charge is 0.419 e. The Kier molecular flexibility index (Phi) is 7.01. The highest BCUT2D eigenvalue weighted by atomic mass is 19.4. The van der Waals surface area contributed by atoms with Crippen LogP contribution in [0.15, 0.2) is 18.3 Å². The molecule has 0 aromatic carbocycles. The number of rotatable bonds is 4. The van der Waals surface area contributed by atoms with E-state index in [1.54, 1.807) is 4.90 Å². The number of alkyl halides is 3. The lowest BCUT2D eigenvalue weighted by molar-refractivity contribution is -0.137. The Morgan fingerprint density at radius 2 is 1.97 bits per heavy atom. The van der Waals surface area contributed by atoms with Gasteiger partial charge in [-0.15, -0.1) is 0 Å². The van der Waals surface area contributed by atoms with E-state index in [-0.39, 0.29) is 24.2 Å². The van der Waals surface area contributed by atoms with Crippen LogP contribution in [0.25, 0.3) is 0 Å². The molecule has 2 unspecified atom stereocenters. The first-order chi connectivity index (χ1) is 14.9. The second-order valence-corrected chi connectivity index (χ2v) is 8.77. The van der Waals surface area contributed by atoms with Crippen molar-refractivity contribution >= 4 is 11.7 Å². The Morgan fingerprint density at radius 1 is 1.10 bits per heavy atom. The van der Waals surface area contributed by atoms with Crippen LogP contribution in [0.4, 0.5) is 19.0 Å². The van der Waals surface area contributed by atoms with Crippen LogP contribution < -0.4 is 4.90 Å². The van der Waals surface area contributed by atoms with Crippen LogP contribution in [-0.4, -0.2) is 79.2 Å². The minimum Gasteiger partial charge on any atom is -0.377 e. The van der Waals surface area contributed by atoms with Crippen molar-refractivity contribution < 1.29 is 22.7 Å². The molecular formula is C22H31F3N4O2. The van der Waals surface area contributed by atoms with Crippen molar-refractivity contribution in [1.29, 1.82) is 0 Å². The van der Waals surface area contributed by atoms with Gasteiger partial charge in [-0.2, -0.15) is 13.2 Å². The van der Waals surface area contributed by atoms with Crippen LogP contribution in [-0.2, 0) is 15.7 Å². The second-order valence-electron chi connectivity index (χ2n) is 8.77. The van der Waals surface area contributed by atoms with Crippen LogP contribution in [0.5, 0.6) is 0 Å². The monoisotopic (exact) mass is 440 g/mol. The van der Waals surface area contributed by atoms with Crippen LogP contribution in [0.2, 0.25) is 0 Å². The van der Waals surface area contributed by atoms with Crippen molar-refractivity contribution in [2.75, 3.05) is 57.3 Å². The number of amides is 1. The average molecular weight is 441 g/mol. The highest BCUT2D eigenvalue weighted by Crippen LogP contribution is 2.36. The number of nitrogens with zero attached hydrogens (tertiary/aromatic N) is 4. The molecule has 0 bridgehead atoms. The second kappa shape index (κ2) is 9.73. The third-order valence-corrected chi connectivity index (χ3v) is 6.55. The molecule has 6 nitrogen and oxygen atoms in total. The van der Waals surface area contributed by atoms with Crippen molar-refractivity contribution in [3.63, 3.8) is 0 Å². The number of piperidine rings is 1. The minimum atomic E-state index is -4.46. The Balaban J connectivity index is 1.37. The Hall–Kier alpha value is -1.87. The number of aromatic nitrogens is 1. The highest BCUT2D eigenvalue weighted by molar-refractivity contribution is 5.80. The number of carbonyl (C=O) groups is 1. The van der Waals surface area contributed by atoms with Crippen molar-refractivity contribution in [1.82, 2.24) is 14.8 Å². The average Bonchev–Trinajstić information content (AvgIpc) is 3.17. The Bertz CT molecular complexity index is 755. The zero-order valence-electron chi connectivity index (χ0n) is 17.8. The van der Waals surface area contributed by atoms with Crippen LogP contribution in [0.1, 0.15) is 37.7 Å². The number of anilines is 1. The topological polar surface area (TPSA) is 48.9 Å². The molecule has 0 radical (unpaired) electrons. The van der Waals surface area contributed by atoms with Gasteiger partial charge in [0.15, 0.2) is 0 Å². The molecule has 1 amide bonds. The van der Waals surface area contributed by atoms with Crippen molar-refractivity contribution in [3.05, 3.63) is 23.9 Å². The summed E-state index contributed by atoms with van der Waals surface area (Å²) in [6, 6.07) is 2.36. The Morgan fingerprint density at radius 3 is 2.74 bits per heavy atom. The lowest BCUT2D eigenvalue weighted by Gasteiger charge is -2.36. The normalized spacial score (nSPS) is 26.2. The van der Waals surface area contributed by atoms with E-state index in [0.29, 0.717) is 38.6 Å². The summed E-state index contributed by atoms with van der Waals surface area (Å²) in [4.78, 5) is 23.2. The van der Waals surface area contributed by atoms with Gasteiger partial charge in [0, 0.05) is 52.1 Å². The smallest absolute Gasteiger partial charge is 0.377 e. The molecule has 0 N–H and O–H groups in total. The maximum atomic E-state index is 13.4. The number of hydrogen-bond acceptors (Lipinski definition) is 5. The quantitative estimate of drug-likeness (QED) is 0.721. The van der Waals surface area contributed by atoms with E-state index >= 15 is 0 Å². The van der Waals surface area contributed by atoms with Crippen LogP contribution in [0.3, 0.4) is 0 Å². The zero-order valence-corrected chi connectivity index (χ0v) is 17.8. The lowest BCUT2D eigenvalue weighted by atomic mass is 9.96. The molecule has 0 aliphatic carbocycles. The van der Waals surface area contributed by atoms with Crippen LogP contribution in [0, 0.1) is 5.92 Å². The molecule has 1 aromatic rings. The maximum absolute atomic E-state index is 13.4. The number of ether oxygens (including phenoxy) is 1. The van der Waals surface area contributed by atoms with E-state index in [4.69, 9.17) is 4.74 Å². The fraction of sp³-hybridized carbons (Fsp3) is 0.727. The molecule has 3 aliphatic heterocycles. The maximum Gasteiger partial charge on any atom is 0.419 e. The van der Waals surface area contributed by atoms with Crippen molar-refractivity contribution in [3.8, 4) is 0 Å². The fourth-order valence-electron chi connectivity index (χ4n) is 4.95. The number of hydrogen-bond donors (Lipinski definition) is 0. The summed E-state index contributed by atoms with van der Waals surface area (Å²) >= 11 is 0. The van der Waals surface area contributed by atoms with E-state index in [2.05, 4.69) is 9.88 Å². The first-order valence-electron chi connectivity index (χ1n) is 11.3. The summed E-state index contributed by atoms with van der Waals surface area (Å²) in [7, 11) is 0. The first-order valence-corrected chi connectivity index (χ1v) is 11.3. The Labute approximate surface area is 181 Å². The van der Waals surface area contributed by atoms with E-state index in [1.807, 2.05) is 4.90 Å². The van der Waals surface area contributed by atoms with Crippen molar-refractivity contribution in [2.45, 2.75) is 44.4 Å². The van der Waals surface area contributed by atoms with Gasteiger partial charge >= 0.3 is 6.18 Å². The molecule has 2 atom stereocenters. The van der Waals surface area contributed by atoms with Gasteiger partial charge in [0.1, 0.15) is 5.82 Å². The van der Waals surface area contributed by atoms with E-state index in [1.165, 1.54) is 12.3 Å². The standard InChI is InChI=1S/C22H31F3N4O2/c23-22(24,25)19-7-1-8-26-20(19)29-10-2-5-17(15-29)21(30)28-11-4-9-27(12-13-28)16-18-6-3-14-31-18/h1,7-8,17-18H,2-6,9-16H2. The molecule has 0 spiro atoms. The summed E-state index contributed by atoms with van der Waals surface area (Å²) in [6.07, 6.45) is 1.75. The molecule has 3 saturated heterocycles. The van der Waals surface area contributed by atoms with E-state index in [9.17, 15) is 18.0 Å². The fourth-order valence-corrected chi connectivity index (χ4v) is 4.95. The number of carbonyl (C=O) groups excluding carboxylic acids is 1. The summed E-state index contributed by atoms with van der Waals surface area (Å²) in [5, 5.41) is 0. The summed E-state index contributed by atoms with van der Waals surface area (Å²) in [5.41, 5.74) is -0.734. The summed E-state index contributed by atoms with van der Waals surface area (Å²) in [5.74, 6) is -0.291. The first kappa shape index (κ1) is 22.3. The van der Waals surface area contributed by atoms with Gasteiger partial charge in [-0.1, -0.05) is 0 Å². The van der Waals surface area contributed by atoms with E-state index < -0.39 is 11.7 Å². The molecule has 0 saturated carbocycles. The predicted octanol–water partition coefficient (Wildman–Crippen LogP) is 3.03. The molecule has 3 fully saturated rings. The van der Waals surface area contributed by atoms with Gasteiger partial charge in [0.05, 0.1) is 17.6 Å². The van der Waals surface area contributed by atoms with Crippen molar-refractivity contribution in [2.24, 2.45) is 5.92 Å². The van der Waals surface area contributed by atoms with Gasteiger partial charge in [0.2, 0.25) is 5.91 Å². The van der Waals surface area contributed by atoms with Gasteiger partial charge in [0.25, 0.3) is 0 Å². The molecule has 9 heteroatoms. The van der Waals surface area contributed by atoms with Crippen LogP contribution >= 0.6 is 0 Å². The molecule has 1 aromatic heterocycles. The van der Waals surface area contributed by atoms with Gasteiger partial charge < -0.3 is 14.5 Å². The number of pyridine rings is 1. The molecule has 4 heterocycles. The third kappa shape index (κ3) is 5.49. The minimum absolute atomic E-state index is 0.0631. The summed E-state index contributed by atoms with van der Waals surface area (Å²) in [6.45, 7) is 5.67. The molecule has 172 valence electrons. The van der Waals surface area contributed by atoms with Gasteiger partial charge in [-0.3, -0.25) is 9.69 Å². The molecular weight excluding hydrogens is 409 g/mol. The third-order valence-electron chi connectivity index (χ3n) is 6.55.